The number of rotatable bonds is 6. The molecule has 0 saturated carbocycles. The molecule has 0 aliphatic rings. The first-order valence-electron chi connectivity index (χ1n) is 7.52. The highest BCUT2D eigenvalue weighted by Crippen LogP contribution is 2.16. The predicted molar refractivity (Wildman–Crippen MR) is 87.7 cm³/mol. The van der Waals surface area contributed by atoms with Gasteiger partial charge in [-0.1, -0.05) is 24.3 Å². The zero-order valence-electron chi connectivity index (χ0n) is 13.5. The number of nitrogens with one attached hydrogen (secondary N) is 2. The van der Waals surface area contributed by atoms with Crippen LogP contribution in [0.1, 0.15) is 25.0 Å². The zero-order chi connectivity index (χ0) is 16.0. The topological polar surface area (TPSA) is 59.0 Å². The van der Waals surface area contributed by atoms with Crippen LogP contribution in [0.25, 0.3) is 0 Å². The average molecular weight is 300 g/mol. The van der Waals surface area contributed by atoms with Crippen molar-refractivity contribution in [3.05, 3.63) is 54.1 Å². The third-order valence-electron chi connectivity index (χ3n) is 3.56. The van der Waals surface area contributed by atoms with E-state index in [0.717, 1.165) is 6.42 Å². The number of benzene rings is 1. The first-order valence-corrected chi connectivity index (χ1v) is 7.52. The van der Waals surface area contributed by atoms with E-state index in [0.29, 0.717) is 13.1 Å². The van der Waals surface area contributed by atoms with E-state index in [1.807, 2.05) is 36.7 Å². The Hall–Kier alpha value is -2.30. The second-order valence-electron chi connectivity index (χ2n) is 6.17. The number of imidazole rings is 1. The van der Waals surface area contributed by atoms with Crippen LogP contribution in [0.3, 0.4) is 0 Å². The normalized spacial score (nSPS) is 11.2. The van der Waals surface area contributed by atoms with E-state index < -0.39 is 0 Å². The molecule has 1 heterocycles. The SMILES string of the molecule is Cc1ccccc1CC(C)(C)NC(=O)NCCn1ccnc1. The lowest BCUT2D eigenvalue weighted by atomic mass is 9.92. The van der Waals surface area contributed by atoms with Gasteiger partial charge in [0.15, 0.2) is 0 Å². The average Bonchev–Trinajstić information content (AvgIpc) is 2.94. The number of carbonyl (C=O) groups excluding carboxylic acids is 1. The summed E-state index contributed by atoms with van der Waals surface area (Å²) in [6.45, 7) is 7.45. The van der Waals surface area contributed by atoms with E-state index in [1.165, 1.54) is 11.1 Å². The van der Waals surface area contributed by atoms with Gasteiger partial charge in [-0.2, -0.15) is 0 Å². The molecule has 22 heavy (non-hydrogen) atoms. The number of aromatic nitrogens is 2. The molecule has 1 aromatic carbocycles. The molecule has 2 aromatic rings. The third-order valence-corrected chi connectivity index (χ3v) is 3.56. The van der Waals surface area contributed by atoms with Crippen LogP contribution in [0.5, 0.6) is 0 Å². The van der Waals surface area contributed by atoms with Crippen LogP contribution >= 0.6 is 0 Å². The maximum atomic E-state index is 12.0. The minimum atomic E-state index is -0.300. The highest BCUT2D eigenvalue weighted by molar-refractivity contribution is 5.74. The summed E-state index contributed by atoms with van der Waals surface area (Å²) in [5.41, 5.74) is 2.20. The molecule has 0 unspecified atom stereocenters. The van der Waals surface area contributed by atoms with Crippen molar-refractivity contribution in [2.24, 2.45) is 0 Å². The third kappa shape index (κ3) is 4.91. The van der Waals surface area contributed by atoms with Gasteiger partial charge in [0.25, 0.3) is 0 Å². The number of hydrogen-bond acceptors (Lipinski definition) is 2. The summed E-state index contributed by atoms with van der Waals surface area (Å²) in [7, 11) is 0. The van der Waals surface area contributed by atoms with E-state index in [-0.39, 0.29) is 11.6 Å². The fourth-order valence-electron chi connectivity index (χ4n) is 2.40. The van der Waals surface area contributed by atoms with E-state index in [4.69, 9.17) is 0 Å². The molecule has 5 nitrogen and oxygen atoms in total. The molecule has 5 heteroatoms. The summed E-state index contributed by atoms with van der Waals surface area (Å²) in [5, 5.41) is 5.92. The monoisotopic (exact) mass is 300 g/mol. The number of nitrogens with zero attached hydrogens (tertiary/aromatic N) is 2. The molecular weight excluding hydrogens is 276 g/mol. The molecule has 2 N–H and O–H groups in total. The van der Waals surface area contributed by atoms with Crippen LogP contribution in [-0.4, -0.2) is 27.7 Å². The molecule has 0 spiro atoms. The van der Waals surface area contributed by atoms with Crippen molar-refractivity contribution in [1.82, 2.24) is 20.2 Å². The van der Waals surface area contributed by atoms with Crippen molar-refractivity contribution < 1.29 is 4.79 Å². The minimum Gasteiger partial charge on any atom is -0.336 e. The summed E-state index contributed by atoms with van der Waals surface area (Å²) < 4.78 is 1.93. The molecule has 2 rings (SSSR count). The Bertz CT molecular complexity index is 605. The summed E-state index contributed by atoms with van der Waals surface area (Å²) in [4.78, 5) is 16.0. The van der Waals surface area contributed by atoms with Gasteiger partial charge in [-0.3, -0.25) is 0 Å². The van der Waals surface area contributed by atoms with Gasteiger partial charge in [0.05, 0.1) is 6.33 Å². The summed E-state index contributed by atoms with van der Waals surface area (Å²) in [6, 6.07) is 8.12. The molecule has 0 aliphatic heterocycles. The van der Waals surface area contributed by atoms with Crippen molar-refractivity contribution in [2.75, 3.05) is 6.54 Å². The summed E-state index contributed by atoms with van der Waals surface area (Å²) in [5.74, 6) is 0. The molecule has 1 aromatic heterocycles. The summed E-state index contributed by atoms with van der Waals surface area (Å²) in [6.07, 6.45) is 6.14. The Kier molecular flexibility index (Phi) is 5.20. The Morgan fingerprint density at radius 2 is 2.09 bits per heavy atom. The first-order chi connectivity index (χ1) is 10.5. The standard InChI is InChI=1S/C17H24N4O/c1-14-6-4-5-7-15(14)12-17(2,3)20-16(22)19-9-11-21-10-8-18-13-21/h4-8,10,13H,9,11-12H2,1-3H3,(H2,19,20,22). The Morgan fingerprint density at radius 1 is 1.32 bits per heavy atom. The van der Waals surface area contributed by atoms with E-state index in [1.54, 1.807) is 12.5 Å². The minimum absolute atomic E-state index is 0.140. The number of carbonyl (C=O) groups is 1. The lowest BCUT2D eigenvalue weighted by molar-refractivity contribution is 0.229. The quantitative estimate of drug-likeness (QED) is 0.861. The van der Waals surface area contributed by atoms with E-state index >= 15 is 0 Å². The van der Waals surface area contributed by atoms with Gasteiger partial charge in [-0.25, -0.2) is 9.78 Å². The number of urea groups is 1. The highest BCUT2D eigenvalue weighted by atomic mass is 16.2. The van der Waals surface area contributed by atoms with Crippen LogP contribution in [0, 0.1) is 6.92 Å². The number of aryl methyl sites for hydroxylation is 1. The molecule has 2 amide bonds. The summed E-state index contributed by atoms with van der Waals surface area (Å²) >= 11 is 0. The maximum absolute atomic E-state index is 12.0. The van der Waals surface area contributed by atoms with Gasteiger partial charge in [0.2, 0.25) is 0 Å². The molecule has 0 radical (unpaired) electrons. The molecule has 0 atom stereocenters. The zero-order valence-corrected chi connectivity index (χ0v) is 13.5. The van der Waals surface area contributed by atoms with Crippen LogP contribution in [-0.2, 0) is 13.0 Å². The fraction of sp³-hybridized carbons (Fsp3) is 0.412. The van der Waals surface area contributed by atoms with Crippen molar-refractivity contribution in [1.29, 1.82) is 0 Å². The van der Waals surface area contributed by atoms with Crippen molar-refractivity contribution in [3.8, 4) is 0 Å². The molecule has 0 fully saturated rings. The Labute approximate surface area is 131 Å². The molecule has 0 saturated heterocycles. The second-order valence-corrected chi connectivity index (χ2v) is 6.17. The lowest BCUT2D eigenvalue weighted by Crippen LogP contribution is -2.50. The Morgan fingerprint density at radius 3 is 2.77 bits per heavy atom. The van der Waals surface area contributed by atoms with Gasteiger partial charge in [0.1, 0.15) is 0 Å². The Balaban J connectivity index is 1.80. The first kappa shape index (κ1) is 16.1. The van der Waals surface area contributed by atoms with Gasteiger partial charge >= 0.3 is 6.03 Å². The molecule has 0 aliphatic carbocycles. The van der Waals surface area contributed by atoms with Crippen LogP contribution < -0.4 is 10.6 Å². The predicted octanol–water partition coefficient (Wildman–Crippen LogP) is 2.51. The van der Waals surface area contributed by atoms with Gasteiger partial charge in [-0.05, 0) is 38.3 Å². The second kappa shape index (κ2) is 7.11. The van der Waals surface area contributed by atoms with Crippen molar-refractivity contribution in [2.45, 2.75) is 39.3 Å². The van der Waals surface area contributed by atoms with Gasteiger partial charge < -0.3 is 15.2 Å². The fourth-order valence-corrected chi connectivity index (χ4v) is 2.40. The molecule has 118 valence electrons. The van der Waals surface area contributed by atoms with Crippen LogP contribution in [0.2, 0.25) is 0 Å². The smallest absolute Gasteiger partial charge is 0.315 e. The van der Waals surface area contributed by atoms with Crippen LogP contribution in [0.4, 0.5) is 4.79 Å². The highest BCUT2D eigenvalue weighted by Gasteiger charge is 2.21. The largest absolute Gasteiger partial charge is 0.336 e. The number of amides is 2. The van der Waals surface area contributed by atoms with Gasteiger partial charge in [0, 0.05) is 31.0 Å². The van der Waals surface area contributed by atoms with Gasteiger partial charge in [-0.15, -0.1) is 0 Å². The lowest BCUT2D eigenvalue weighted by Gasteiger charge is -2.27. The molecule has 0 bridgehead atoms. The van der Waals surface area contributed by atoms with Crippen LogP contribution in [0.15, 0.2) is 43.0 Å². The number of hydrogen-bond donors (Lipinski definition) is 2. The van der Waals surface area contributed by atoms with Crippen molar-refractivity contribution in [3.63, 3.8) is 0 Å². The van der Waals surface area contributed by atoms with E-state index in [9.17, 15) is 4.79 Å². The maximum Gasteiger partial charge on any atom is 0.315 e. The van der Waals surface area contributed by atoms with E-state index in [2.05, 4.69) is 34.7 Å². The molecular formula is C17H24N4O. The van der Waals surface area contributed by atoms with Crippen molar-refractivity contribution >= 4 is 6.03 Å².